The van der Waals surface area contributed by atoms with Crippen molar-refractivity contribution >= 4 is 11.8 Å². The molecule has 1 aliphatic rings. The second-order valence-electron chi connectivity index (χ2n) is 6.28. The van der Waals surface area contributed by atoms with Gasteiger partial charge in [0.15, 0.2) is 0 Å². The van der Waals surface area contributed by atoms with Crippen LogP contribution in [0.25, 0.3) is 0 Å². The summed E-state index contributed by atoms with van der Waals surface area (Å²) in [4.78, 5) is 11.4. The minimum atomic E-state index is -0.0522. The van der Waals surface area contributed by atoms with Gasteiger partial charge in [0, 0.05) is 5.56 Å². The number of rotatable bonds is 6. The molecule has 114 valence electrons. The smallest absolute Gasteiger partial charge is 0.306 e. The molecule has 0 saturated carbocycles. The minimum Gasteiger partial charge on any atom is -0.466 e. The highest BCUT2D eigenvalue weighted by molar-refractivity contribution is 5.94. The SMILES string of the molecule is CC1(CCCCc2ccc(C(=N)N)cc2)CCOC(=O)C1. The molecule has 1 fully saturated rings. The molecule has 1 saturated heterocycles. The molecule has 0 aliphatic carbocycles. The Bertz CT molecular complexity index is 510. The Kier molecular flexibility index (Phi) is 4.99. The molecule has 1 heterocycles. The number of nitrogens with one attached hydrogen (secondary N) is 1. The topological polar surface area (TPSA) is 76.2 Å². The van der Waals surface area contributed by atoms with E-state index in [0.717, 1.165) is 37.7 Å². The number of nitrogens with two attached hydrogens (primary N) is 1. The van der Waals surface area contributed by atoms with Gasteiger partial charge in [-0.05, 0) is 36.7 Å². The minimum absolute atomic E-state index is 0.0522. The van der Waals surface area contributed by atoms with E-state index in [1.165, 1.54) is 5.56 Å². The number of cyclic esters (lactones) is 1. The molecule has 21 heavy (non-hydrogen) atoms. The van der Waals surface area contributed by atoms with Crippen molar-refractivity contribution in [2.24, 2.45) is 11.1 Å². The van der Waals surface area contributed by atoms with Gasteiger partial charge in [-0.2, -0.15) is 0 Å². The number of aryl methyl sites for hydroxylation is 1. The van der Waals surface area contributed by atoms with Crippen LogP contribution in [0.1, 0.15) is 50.2 Å². The van der Waals surface area contributed by atoms with E-state index in [2.05, 4.69) is 6.92 Å². The number of ether oxygens (including phenoxy) is 1. The molecule has 1 unspecified atom stereocenters. The molecule has 1 aromatic rings. The molecular weight excluding hydrogens is 264 g/mol. The number of amidine groups is 1. The van der Waals surface area contributed by atoms with Crippen molar-refractivity contribution in [1.29, 1.82) is 5.41 Å². The molecule has 4 heteroatoms. The fourth-order valence-electron chi connectivity index (χ4n) is 2.84. The van der Waals surface area contributed by atoms with E-state index in [1.54, 1.807) is 0 Å². The summed E-state index contributed by atoms with van der Waals surface area (Å²) in [5.41, 5.74) is 7.60. The quantitative estimate of drug-likeness (QED) is 0.365. The number of benzene rings is 1. The summed E-state index contributed by atoms with van der Waals surface area (Å²) < 4.78 is 5.01. The van der Waals surface area contributed by atoms with Crippen LogP contribution >= 0.6 is 0 Å². The Morgan fingerprint density at radius 1 is 1.33 bits per heavy atom. The van der Waals surface area contributed by atoms with Crippen molar-refractivity contribution in [2.45, 2.75) is 45.4 Å². The van der Waals surface area contributed by atoms with Crippen LogP contribution in [0.15, 0.2) is 24.3 Å². The van der Waals surface area contributed by atoms with Crippen molar-refractivity contribution in [3.05, 3.63) is 35.4 Å². The summed E-state index contributed by atoms with van der Waals surface area (Å²) in [7, 11) is 0. The lowest BCUT2D eigenvalue weighted by atomic mass is 9.77. The van der Waals surface area contributed by atoms with Gasteiger partial charge in [0.05, 0.1) is 13.0 Å². The van der Waals surface area contributed by atoms with E-state index >= 15 is 0 Å². The molecule has 0 bridgehead atoms. The highest BCUT2D eigenvalue weighted by Gasteiger charge is 2.31. The summed E-state index contributed by atoms with van der Waals surface area (Å²) >= 11 is 0. The second-order valence-corrected chi connectivity index (χ2v) is 6.28. The van der Waals surface area contributed by atoms with E-state index in [-0.39, 0.29) is 17.2 Å². The Hall–Kier alpha value is -1.84. The molecule has 2 rings (SSSR count). The van der Waals surface area contributed by atoms with Crippen molar-refractivity contribution in [2.75, 3.05) is 6.61 Å². The Morgan fingerprint density at radius 2 is 2.05 bits per heavy atom. The Labute approximate surface area is 126 Å². The summed E-state index contributed by atoms with van der Waals surface area (Å²) in [6.45, 7) is 2.76. The van der Waals surface area contributed by atoms with Gasteiger partial charge in [0.2, 0.25) is 0 Å². The van der Waals surface area contributed by atoms with Crippen molar-refractivity contribution in [3.63, 3.8) is 0 Å². The van der Waals surface area contributed by atoms with Gasteiger partial charge in [-0.15, -0.1) is 0 Å². The molecule has 3 N–H and O–H groups in total. The van der Waals surface area contributed by atoms with Gasteiger partial charge in [-0.25, -0.2) is 0 Å². The first-order valence-electron chi connectivity index (χ1n) is 7.57. The Morgan fingerprint density at radius 3 is 2.67 bits per heavy atom. The maximum absolute atomic E-state index is 11.4. The van der Waals surface area contributed by atoms with Crippen LogP contribution in [0.4, 0.5) is 0 Å². The first-order valence-corrected chi connectivity index (χ1v) is 7.57. The van der Waals surface area contributed by atoms with Gasteiger partial charge >= 0.3 is 5.97 Å². The number of hydrogen-bond donors (Lipinski definition) is 2. The second kappa shape index (κ2) is 6.74. The third kappa shape index (κ3) is 4.59. The van der Waals surface area contributed by atoms with Crippen LogP contribution in [0, 0.1) is 10.8 Å². The maximum atomic E-state index is 11.4. The summed E-state index contributed by atoms with van der Waals surface area (Å²) in [6, 6.07) is 7.87. The number of esters is 1. The number of unbranched alkanes of at least 4 members (excludes halogenated alkanes) is 1. The molecular formula is C17H24N2O2. The zero-order valence-electron chi connectivity index (χ0n) is 12.7. The van der Waals surface area contributed by atoms with Gasteiger partial charge in [0.1, 0.15) is 5.84 Å². The average molecular weight is 288 g/mol. The third-order valence-electron chi connectivity index (χ3n) is 4.30. The number of carbonyl (C=O) groups is 1. The van der Waals surface area contributed by atoms with Crippen molar-refractivity contribution in [3.8, 4) is 0 Å². The normalized spacial score (nSPS) is 21.9. The molecule has 1 atom stereocenters. The van der Waals surface area contributed by atoms with E-state index < -0.39 is 0 Å². The van der Waals surface area contributed by atoms with E-state index in [1.807, 2.05) is 24.3 Å². The van der Waals surface area contributed by atoms with E-state index in [4.69, 9.17) is 15.9 Å². The monoisotopic (exact) mass is 288 g/mol. The fraction of sp³-hybridized carbons (Fsp3) is 0.529. The van der Waals surface area contributed by atoms with Gasteiger partial charge < -0.3 is 10.5 Å². The zero-order valence-corrected chi connectivity index (χ0v) is 12.7. The predicted molar refractivity (Wildman–Crippen MR) is 83.3 cm³/mol. The number of hydrogen-bond acceptors (Lipinski definition) is 3. The molecule has 0 radical (unpaired) electrons. The van der Waals surface area contributed by atoms with Gasteiger partial charge in [-0.3, -0.25) is 10.2 Å². The zero-order chi connectivity index (χ0) is 15.3. The molecule has 1 aromatic carbocycles. The van der Waals surface area contributed by atoms with Crippen LogP contribution in [0.5, 0.6) is 0 Å². The van der Waals surface area contributed by atoms with Crippen LogP contribution in [0.2, 0.25) is 0 Å². The number of carbonyl (C=O) groups excluding carboxylic acids is 1. The maximum Gasteiger partial charge on any atom is 0.306 e. The lowest BCUT2D eigenvalue weighted by Gasteiger charge is -2.32. The van der Waals surface area contributed by atoms with Crippen LogP contribution in [-0.4, -0.2) is 18.4 Å². The average Bonchev–Trinajstić information content (AvgIpc) is 2.44. The summed E-state index contributed by atoms with van der Waals surface area (Å²) in [6.07, 6.45) is 5.88. The molecule has 1 aliphatic heterocycles. The fourth-order valence-corrected chi connectivity index (χ4v) is 2.84. The molecule has 0 spiro atoms. The van der Waals surface area contributed by atoms with Crippen LogP contribution < -0.4 is 5.73 Å². The van der Waals surface area contributed by atoms with Crippen LogP contribution in [0.3, 0.4) is 0 Å². The molecule has 0 aromatic heterocycles. The summed E-state index contributed by atoms with van der Waals surface area (Å²) in [5.74, 6) is 0.0576. The van der Waals surface area contributed by atoms with Crippen molar-refractivity contribution in [1.82, 2.24) is 0 Å². The van der Waals surface area contributed by atoms with E-state index in [9.17, 15) is 4.79 Å². The Balaban J connectivity index is 1.74. The van der Waals surface area contributed by atoms with E-state index in [0.29, 0.717) is 13.0 Å². The van der Waals surface area contributed by atoms with Gasteiger partial charge in [-0.1, -0.05) is 37.6 Å². The summed E-state index contributed by atoms with van der Waals surface area (Å²) in [5, 5.41) is 7.37. The lowest BCUT2D eigenvalue weighted by Crippen LogP contribution is -2.30. The first-order chi connectivity index (χ1) is 9.98. The molecule has 0 amide bonds. The number of nitrogen functional groups attached to an aromatic ring is 1. The van der Waals surface area contributed by atoms with Gasteiger partial charge in [0.25, 0.3) is 0 Å². The lowest BCUT2D eigenvalue weighted by molar-refractivity contribution is -0.152. The predicted octanol–water partition coefficient (Wildman–Crippen LogP) is 3.03. The van der Waals surface area contributed by atoms with Crippen LogP contribution in [-0.2, 0) is 16.0 Å². The highest BCUT2D eigenvalue weighted by atomic mass is 16.5. The molecule has 4 nitrogen and oxygen atoms in total. The first kappa shape index (κ1) is 15.5. The van der Waals surface area contributed by atoms with Crippen molar-refractivity contribution < 1.29 is 9.53 Å². The third-order valence-corrected chi connectivity index (χ3v) is 4.30. The standard InChI is InChI=1S/C17H24N2O2/c1-17(10-11-21-15(20)12-17)9-3-2-4-13-5-7-14(8-6-13)16(18)19/h5-8H,2-4,9-12H2,1H3,(H3,18,19). The largest absolute Gasteiger partial charge is 0.466 e. The highest BCUT2D eigenvalue weighted by Crippen LogP contribution is 2.35.